The lowest BCUT2D eigenvalue weighted by Gasteiger charge is -2.13. The van der Waals surface area contributed by atoms with Gasteiger partial charge in [-0.05, 0) is 56.7 Å². The van der Waals surface area contributed by atoms with Crippen molar-refractivity contribution in [1.82, 2.24) is 0 Å². The standard InChI is InChI=1S/C19H21NO2S/c1-12-5-6-13(2)18(11-12)19(22)14(3)23-17-9-7-16(8-10-17)20-15(4)21/h5-11,14H,1-4H3,(H,20,21). The Hall–Kier alpha value is -2.07. The largest absolute Gasteiger partial charge is 0.326 e. The molecule has 0 aromatic heterocycles. The average molecular weight is 327 g/mol. The molecule has 0 aliphatic carbocycles. The summed E-state index contributed by atoms with van der Waals surface area (Å²) < 4.78 is 0. The molecule has 0 fully saturated rings. The van der Waals surface area contributed by atoms with Crippen molar-refractivity contribution in [2.45, 2.75) is 37.8 Å². The number of amides is 1. The SMILES string of the molecule is CC(=O)Nc1ccc(SC(C)C(=O)c2cc(C)ccc2C)cc1. The van der Waals surface area contributed by atoms with Crippen LogP contribution in [0, 0.1) is 13.8 Å². The Morgan fingerprint density at radius 2 is 1.70 bits per heavy atom. The quantitative estimate of drug-likeness (QED) is 0.643. The highest BCUT2D eigenvalue weighted by Crippen LogP contribution is 2.27. The Bertz CT molecular complexity index is 723. The first-order valence-electron chi connectivity index (χ1n) is 7.52. The Kier molecular flexibility index (Phi) is 5.61. The van der Waals surface area contributed by atoms with Gasteiger partial charge in [-0.3, -0.25) is 9.59 Å². The smallest absolute Gasteiger partial charge is 0.221 e. The average Bonchev–Trinajstić information content (AvgIpc) is 2.50. The van der Waals surface area contributed by atoms with E-state index in [4.69, 9.17) is 0 Å². The monoisotopic (exact) mass is 327 g/mol. The molecule has 0 saturated heterocycles. The molecule has 2 rings (SSSR count). The topological polar surface area (TPSA) is 46.2 Å². The zero-order valence-corrected chi connectivity index (χ0v) is 14.7. The number of ketones is 1. The third-order valence-corrected chi connectivity index (χ3v) is 4.63. The van der Waals surface area contributed by atoms with Crippen LogP contribution >= 0.6 is 11.8 Å². The van der Waals surface area contributed by atoms with Gasteiger partial charge in [0.25, 0.3) is 0 Å². The molecule has 1 atom stereocenters. The molecule has 0 aliphatic heterocycles. The highest BCUT2D eigenvalue weighted by molar-refractivity contribution is 8.00. The van der Waals surface area contributed by atoms with Crippen LogP contribution in [0.4, 0.5) is 5.69 Å². The van der Waals surface area contributed by atoms with Crippen LogP contribution in [-0.2, 0) is 4.79 Å². The van der Waals surface area contributed by atoms with Crippen LogP contribution in [0.5, 0.6) is 0 Å². The fourth-order valence-electron chi connectivity index (χ4n) is 2.30. The van der Waals surface area contributed by atoms with E-state index in [0.29, 0.717) is 0 Å². The summed E-state index contributed by atoms with van der Waals surface area (Å²) in [6, 6.07) is 13.5. The highest BCUT2D eigenvalue weighted by atomic mass is 32.2. The van der Waals surface area contributed by atoms with E-state index in [-0.39, 0.29) is 16.9 Å². The first-order chi connectivity index (χ1) is 10.9. The summed E-state index contributed by atoms with van der Waals surface area (Å²) in [6.07, 6.45) is 0. The summed E-state index contributed by atoms with van der Waals surface area (Å²) in [5.74, 6) is 0.0472. The molecular weight excluding hydrogens is 306 g/mol. The highest BCUT2D eigenvalue weighted by Gasteiger charge is 2.18. The van der Waals surface area contributed by atoms with Crippen LogP contribution in [0.25, 0.3) is 0 Å². The van der Waals surface area contributed by atoms with Crippen molar-refractivity contribution in [1.29, 1.82) is 0 Å². The number of hydrogen-bond acceptors (Lipinski definition) is 3. The minimum atomic E-state index is -0.165. The first-order valence-corrected chi connectivity index (χ1v) is 8.40. The van der Waals surface area contributed by atoms with Crippen LogP contribution in [0.15, 0.2) is 47.4 Å². The molecule has 0 radical (unpaired) electrons. The molecule has 4 heteroatoms. The van der Waals surface area contributed by atoms with Gasteiger partial charge in [-0.2, -0.15) is 0 Å². The van der Waals surface area contributed by atoms with E-state index >= 15 is 0 Å². The molecule has 2 aromatic rings. The molecule has 0 heterocycles. The van der Waals surface area contributed by atoms with Crippen molar-refractivity contribution in [3.05, 3.63) is 59.2 Å². The van der Waals surface area contributed by atoms with Crippen molar-refractivity contribution in [3.63, 3.8) is 0 Å². The van der Waals surface area contributed by atoms with Crippen molar-refractivity contribution in [2.75, 3.05) is 5.32 Å². The molecule has 0 spiro atoms. The van der Waals surface area contributed by atoms with Crippen molar-refractivity contribution >= 4 is 29.1 Å². The van der Waals surface area contributed by atoms with E-state index in [1.54, 1.807) is 0 Å². The number of carbonyl (C=O) groups is 2. The van der Waals surface area contributed by atoms with Gasteiger partial charge in [0, 0.05) is 23.1 Å². The number of rotatable bonds is 5. The van der Waals surface area contributed by atoms with E-state index in [9.17, 15) is 9.59 Å². The molecule has 23 heavy (non-hydrogen) atoms. The number of hydrogen-bond donors (Lipinski definition) is 1. The van der Waals surface area contributed by atoms with Crippen LogP contribution in [-0.4, -0.2) is 16.9 Å². The van der Waals surface area contributed by atoms with Gasteiger partial charge in [-0.25, -0.2) is 0 Å². The van der Waals surface area contributed by atoms with Gasteiger partial charge in [-0.1, -0.05) is 17.7 Å². The molecular formula is C19H21NO2S. The Labute approximate surface area is 141 Å². The van der Waals surface area contributed by atoms with Gasteiger partial charge < -0.3 is 5.32 Å². The lowest BCUT2D eigenvalue weighted by molar-refractivity contribution is -0.114. The zero-order valence-electron chi connectivity index (χ0n) is 13.8. The molecule has 0 bridgehead atoms. The van der Waals surface area contributed by atoms with Gasteiger partial charge in [-0.15, -0.1) is 11.8 Å². The third-order valence-electron chi connectivity index (χ3n) is 3.52. The predicted molar refractivity (Wildman–Crippen MR) is 96.3 cm³/mol. The van der Waals surface area contributed by atoms with E-state index in [1.165, 1.54) is 18.7 Å². The zero-order chi connectivity index (χ0) is 17.0. The molecule has 1 N–H and O–H groups in total. The van der Waals surface area contributed by atoms with E-state index in [1.807, 2.05) is 63.2 Å². The third kappa shape index (κ3) is 4.70. The second-order valence-corrected chi connectivity index (χ2v) is 7.06. The fourth-order valence-corrected chi connectivity index (χ4v) is 3.23. The first kappa shape index (κ1) is 17.3. The Balaban J connectivity index is 2.09. The van der Waals surface area contributed by atoms with Crippen LogP contribution in [0.3, 0.4) is 0 Å². The van der Waals surface area contributed by atoms with Crippen LogP contribution in [0.1, 0.15) is 35.3 Å². The number of nitrogens with one attached hydrogen (secondary N) is 1. The molecule has 120 valence electrons. The maximum absolute atomic E-state index is 12.7. The summed E-state index contributed by atoms with van der Waals surface area (Å²) >= 11 is 1.53. The minimum Gasteiger partial charge on any atom is -0.326 e. The summed E-state index contributed by atoms with van der Waals surface area (Å²) in [4.78, 5) is 24.7. The van der Waals surface area contributed by atoms with Crippen LogP contribution < -0.4 is 5.32 Å². The van der Waals surface area contributed by atoms with Gasteiger partial charge >= 0.3 is 0 Å². The van der Waals surface area contributed by atoms with Crippen molar-refractivity contribution in [2.24, 2.45) is 0 Å². The normalized spacial score (nSPS) is 11.8. The maximum Gasteiger partial charge on any atom is 0.221 e. The van der Waals surface area contributed by atoms with E-state index in [0.717, 1.165) is 27.3 Å². The summed E-state index contributed by atoms with van der Waals surface area (Å²) in [5, 5.41) is 2.57. The van der Waals surface area contributed by atoms with Gasteiger partial charge in [0.15, 0.2) is 5.78 Å². The minimum absolute atomic E-state index is 0.0936. The maximum atomic E-state index is 12.7. The number of aryl methyl sites for hydroxylation is 2. The molecule has 2 aromatic carbocycles. The summed E-state index contributed by atoms with van der Waals surface area (Å²) in [5.41, 5.74) is 3.65. The number of thioether (sulfide) groups is 1. The van der Waals surface area contributed by atoms with E-state index < -0.39 is 0 Å². The molecule has 1 amide bonds. The second kappa shape index (κ2) is 7.47. The summed E-state index contributed by atoms with van der Waals surface area (Å²) in [6.45, 7) is 7.37. The second-order valence-electron chi connectivity index (χ2n) is 5.65. The van der Waals surface area contributed by atoms with Crippen molar-refractivity contribution in [3.8, 4) is 0 Å². The van der Waals surface area contributed by atoms with Crippen LogP contribution in [0.2, 0.25) is 0 Å². The lowest BCUT2D eigenvalue weighted by atomic mass is 10.0. The molecule has 1 unspecified atom stereocenters. The fraction of sp³-hybridized carbons (Fsp3) is 0.263. The number of benzene rings is 2. The van der Waals surface area contributed by atoms with Gasteiger partial charge in [0.2, 0.25) is 5.91 Å². The van der Waals surface area contributed by atoms with Crippen molar-refractivity contribution < 1.29 is 9.59 Å². The Morgan fingerprint density at radius 3 is 2.30 bits per heavy atom. The molecule has 0 aliphatic rings. The lowest BCUT2D eigenvalue weighted by Crippen LogP contribution is -2.15. The predicted octanol–water partition coefficient (Wildman–Crippen LogP) is 4.63. The van der Waals surface area contributed by atoms with Gasteiger partial charge in [0.1, 0.15) is 0 Å². The molecule has 3 nitrogen and oxygen atoms in total. The summed E-state index contributed by atoms with van der Waals surface area (Å²) in [7, 11) is 0. The number of Topliss-reactive ketones (excluding diaryl/α,β-unsaturated/α-hetero) is 1. The number of anilines is 1. The number of carbonyl (C=O) groups excluding carboxylic acids is 2. The van der Waals surface area contributed by atoms with Gasteiger partial charge in [0.05, 0.1) is 5.25 Å². The molecule has 0 saturated carbocycles. The van der Waals surface area contributed by atoms with E-state index in [2.05, 4.69) is 5.32 Å². The Morgan fingerprint density at radius 1 is 1.04 bits per heavy atom.